The molecule has 0 atom stereocenters. The van der Waals surface area contributed by atoms with E-state index in [9.17, 15) is 4.79 Å². The molecule has 4 nitrogen and oxygen atoms in total. The molecule has 0 saturated heterocycles. The Hall–Kier alpha value is -2.70. The van der Waals surface area contributed by atoms with Gasteiger partial charge in [-0.05, 0) is 41.5 Å². The van der Waals surface area contributed by atoms with Crippen molar-refractivity contribution in [2.24, 2.45) is 5.10 Å². The van der Waals surface area contributed by atoms with E-state index in [1.54, 1.807) is 6.21 Å². The molecule has 0 aliphatic rings. The van der Waals surface area contributed by atoms with Crippen LogP contribution in [0, 0.1) is 0 Å². The van der Waals surface area contributed by atoms with Gasteiger partial charge in [0.15, 0.2) is 0 Å². The highest BCUT2D eigenvalue weighted by atomic mass is 79.9. The van der Waals surface area contributed by atoms with Gasteiger partial charge in [0.2, 0.25) is 0 Å². The number of aromatic amines is 1. The first kappa shape index (κ1) is 18.7. The van der Waals surface area contributed by atoms with Gasteiger partial charge in [-0.3, -0.25) is 4.79 Å². The highest BCUT2D eigenvalue weighted by Gasteiger charge is 2.19. The van der Waals surface area contributed by atoms with E-state index >= 15 is 0 Å². The Bertz CT molecular complexity index is 1170. The molecule has 2 N–H and O–H groups in total. The van der Waals surface area contributed by atoms with E-state index in [1.165, 1.54) is 0 Å². The maximum Gasteiger partial charge on any atom is 0.288 e. The minimum Gasteiger partial charge on any atom is -0.350 e. The predicted molar refractivity (Wildman–Crippen MR) is 121 cm³/mol. The minimum absolute atomic E-state index is 0.292. The van der Waals surface area contributed by atoms with Crippen LogP contribution >= 0.6 is 31.9 Å². The zero-order valence-electron chi connectivity index (χ0n) is 14.6. The summed E-state index contributed by atoms with van der Waals surface area (Å²) in [5, 5.41) is 5.08. The van der Waals surface area contributed by atoms with E-state index in [4.69, 9.17) is 0 Å². The Morgan fingerprint density at radius 3 is 2.39 bits per heavy atom. The summed E-state index contributed by atoms with van der Waals surface area (Å²) < 4.78 is 1.95. The first-order valence-corrected chi connectivity index (χ1v) is 10.2. The Labute approximate surface area is 178 Å². The van der Waals surface area contributed by atoms with Crippen LogP contribution in [-0.2, 0) is 0 Å². The van der Waals surface area contributed by atoms with Gasteiger partial charge in [-0.15, -0.1) is 0 Å². The first-order valence-electron chi connectivity index (χ1n) is 8.57. The lowest BCUT2D eigenvalue weighted by atomic mass is 10.0. The summed E-state index contributed by atoms with van der Waals surface area (Å²) in [6, 6.07) is 23.4. The number of H-pyrrole nitrogens is 1. The molecule has 0 fully saturated rings. The molecule has 1 amide bonds. The third-order valence-corrected chi connectivity index (χ3v) is 5.32. The van der Waals surface area contributed by atoms with Gasteiger partial charge in [-0.2, -0.15) is 5.10 Å². The van der Waals surface area contributed by atoms with E-state index in [2.05, 4.69) is 47.4 Å². The molecule has 0 bridgehead atoms. The van der Waals surface area contributed by atoms with Gasteiger partial charge >= 0.3 is 0 Å². The van der Waals surface area contributed by atoms with Crippen LogP contribution in [0.4, 0.5) is 0 Å². The molecule has 6 heteroatoms. The van der Waals surface area contributed by atoms with Crippen LogP contribution in [0.3, 0.4) is 0 Å². The molecule has 0 saturated carbocycles. The van der Waals surface area contributed by atoms with Crippen LogP contribution in [0.2, 0.25) is 0 Å². The van der Waals surface area contributed by atoms with Crippen molar-refractivity contribution in [1.82, 2.24) is 10.4 Å². The zero-order chi connectivity index (χ0) is 19.5. The molecule has 0 spiro atoms. The lowest BCUT2D eigenvalue weighted by Gasteiger charge is -2.04. The van der Waals surface area contributed by atoms with Crippen molar-refractivity contribution in [3.05, 3.63) is 93.0 Å². The number of amides is 1. The van der Waals surface area contributed by atoms with Gasteiger partial charge in [0, 0.05) is 25.4 Å². The van der Waals surface area contributed by atoms with Gasteiger partial charge in [0.05, 0.1) is 6.21 Å². The third-order valence-electron chi connectivity index (χ3n) is 4.30. The fraction of sp³-hybridized carbons (Fsp3) is 0. The standard InChI is InChI=1S/C22H15Br2N3O/c23-16-8-6-14(7-9-16)13-25-27-22(28)21-20(15-4-2-1-3-5-15)18-12-17(24)10-11-19(18)26-21/h1-13,26H,(H,27,28)/b25-13+. The molecule has 0 aliphatic heterocycles. The monoisotopic (exact) mass is 495 g/mol. The summed E-state index contributed by atoms with van der Waals surface area (Å²) in [6.07, 6.45) is 1.62. The molecular weight excluding hydrogens is 482 g/mol. The Balaban J connectivity index is 1.69. The van der Waals surface area contributed by atoms with Gasteiger partial charge in [-0.1, -0.05) is 74.3 Å². The average Bonchev–Trinajstić information content (AvgIpc) is 3.09. The molecule has 0 unspecified atom stereocenters. The highest BCUT2D eigenvalue weighted by molar-refractivity contribution is 9.10. The van der Waals surface area contributed by atoms with Gasteiger partial charge in [0.1, 0.15) is 5.69 Å². The number of benzene rings is 3. The van der Waals surface area contributed by atoms with Gasteiger partial charge in [-0.25, -0.2) is 5.43 Å². The molecular formula is C22H15Br2N3O. The lowest BCUT2D eigenvalue weighted by molar-refractivity contribution is 0.0951. The number of hydrogen-bond donors (Lipinski definition) is 2. The maximum absolute atomic E-state index is 12.9. The number of carbonyl (C=O) groups excluding carboxylic acids is 1. The smallest absolute Gasteiger partial charge is 0.288 e. The fourth-order valence-corrected chi connectivity index (χ4v) is 3.63. The molecule has 1 aromatic heterocycles. The maximum atomic E-state index is 12.9. The topological polar surface area (TPSA) is 57.2 Å². The Morgan fingerprint density at radius 1 is 0.929 bits per heavy atom. The number of hydrogen-bond acceptors (Lipinski definition) is 2. The summed E-state index contributed by atoms with van der Waals surface area (Å²) in [4.78, 5) is 16.1. The zero-order valence-corrected chi connectivity index (χ0v) is 17.8. The Morgan fingerprint density at radius 2 is 1.64 bits per heavy atom. The lowest BCUT2D eigenvalue weighted by Crippen LogP contribution is -2.18. The number of nitrogens with zero attached hydrogens (tertiary/aromatic N) is 1. The number of nitrogens with one attached hydrogen (secondary N) is 2. The van der Waals surface area contributed by atoms with Crippen LogP contribution < -0.4 is 5.43 Å². The van der Waals surface area contributed by atoms with Crippen LogP contribution in [0.5, 0.6) is 0 Å². The van der Waals surface area contributed by atoms with E-state index in [-0.39, 0.29) is 5.91 Å². The Kier molecular flexibility index (Phi) is 5.41. The largest absolute Gasteiger partial charge is 0.350 e. The molecule has 4 rings (SSSR count). The normalized spacial score (nSPS) is 11.2. The summed E-state index contributed by atoms with van der Waals surface area (Å²) in [5.74, 6) is -0.292. The van der Waals surface area contributed by atoms with Crippen molar-refractivity contribution in [3.63, 3.8) is 0 Å². The summed E-state index contributed by atoms with van der Waals surface area (Å²) in [6.45, 7) is 0. The molecule has 0 aliphatic carbocycles. The van der Waals surface area contributed by atoms with Crippen molar-refractivity contribution < 1.29 is 4.79 Å². The number of rotatable bonds is 4. The van der Waals surface area contributed by atoms with E-state index in [1.807, 2.05) is 72.8 Å². The van der Waals surface area contributed by atoms with Crippen molar-refractivity contribution in [2.75, 3.05) is 0 Å². The van der Waals surface area contributed by atoms with Crippen LogP contribution in [0.1, 0.15) is 16.1 Å². The van der Waals surface area contributed by atoms with Gasteiger partial charge < -0.3 is 4.98 Å². The molecule has 138 valence electrons. The number of halogens is 2. The molecule has 4 aromatic rings. The van der Waals surface area contributed by atoms with Crippen LogP contribution in [0.25, 0.3) is 22.0 Å². The first-order chi connectivity index (χ1) is 13.6. The van der Waals surface area contributed by atoms with Crippen molar-refractivity contribution in [3.8, 4) is 11.1 Å². The second-order valence-corrected chi connectivity index (χ2v) is 8.01. The number of hydrazone groups is 1. The van der Waals surface area contributed by atoms with Crippen molar-refractivity contribution >= 4 is 54.9 Å². The van der Waals surface area contributed by atoms with E-state index < -0.39 is 0 Å². The minimum atomic E-state index is -0.292. The second kappa shape index (κ2) is 8.12. The quantitative estimate of drug-likeness (QED) is 0.259. The summed E-state index contributed by atoms with van der Waals surface area (Å²) in [5.41, 5.74) is 6.71. The van der Waals surface area contributed by atoms with Crippen LogP contribution in [-0.4, -0.2) is 17.1 Å². The molecule has 28 heavy (non-hydrogen) atoms. The van der Waals surface area contributed by atoms with Gasteiger partial charge in [0.25, 0.3) is 5.91 Å². The third kappa shape index (κ3) is 3.93. The SMILES string of the molecule is O=C(N/N=C/c1ccc(Br)cc1)c1[nH]c2ccc(Br)cc2c1-c1ccccc1. The average molecular weight is 497 g/mol. The number of fused-ring (bicyclic) bond motifs is 1. The highest BCUT2D eigenvalue weighted by Crippen LogP contribution is 2.34. The number of carbonyl (C=O) groups is 1. The van der Waals surface area contributed by atoms with Crippen molar-refractivity contribution in [2.45, 2.75) is 0 Å². The summed E-state index contributed by atoms with van der Waals surface area (Å²) in [7, 11) is 0. The fourth-order valence-electron chi connectivity index (χ4n) is 3.01. The molecule has 0 radical (unpaired) electrons. The van der Waals surface area contributed by atoms with Crippen LogP contribution in [0.15, 0.2) is 86.8 Å². The van der Waals surface area contributed by atoms with E-state index in [0.29, 0.717) is 5.69 Å². The number of aromatic nitrogens is 1. The summed E-state index contributed by atoms with van der Waals surface area (Å²) >= 11 is 6.91. The van der Waals surface area contributed by atoms with Crippen molar-refractivity contribution in [1.29, 1.82) is 0 Å². The van der Waals surface area contributed by atoms with E-state index in [0.717, 1.165) is 36.5 Å². The predicted octanol–water partition coefficient (Wildman–Crippen LogP) is 6.12. The molecule has 1 heterocycles. The second-order valence-electron chi connectivity index (χ2n) is 6.18. The molecule has 3 aromatic carbocycles.